The van der Waals surface area contributed by atoms with Crippen LogP contribution in [0.3, 0.4) is 0 Å². The molecule has 0 atom stereocenters. The number of anilines is 1. The Balaban J connectivity index is 0.00000192. The van der Waals surface area contributed by atoms with Crippen LogP contribution in [0.1, 0.15) is 5.56 Å². The number of pyridine rings is 1. The van der Waals surface area contributed by atoms with E-state index in [1.165, 1.54) is 5.39 Å². The van der Waals surface area contributed by atoms with Gasteiger partial charge in [-0.05, 0) is 42.1 Å². The van der Waals surface area contributed by atoms with Crippen LogP contribution in [0.15, 0.2) is 65.4 Å². The van der Waals surface area contributed by atoms with Crippen molar-refractivity contribution < 1.29 is 21.8 Å². The molecule has 0 aliphatic heterocycles. The average molecular weight is 392 g/mol. The molecule has 0 unspecified atom stereocenters. The van der Waals surface area contributed by atoms with Crippen molar-refractivity contribution >= 4 is 38.3 Å². The molecule has 3 aromatic rings. The SMILES string of the molecule is Cc1cc(Br)ccc1NC(=O)C[n+]1ccc2ccccc2c1.[Cl-]. The zero-order chi connectivity index (χ0) is 15.5. The van der Waals surface area contributed by atoms with Gasteiger partial charge in [0.25, 0.3) is 5.91 Å². The molecule has 0 spiro atoms. The Morgan fingerprint density at radius 1 is 1.13 bits per heavy atom. The first-order valence-corrected chi connectivity index (χ1v) is 7.85. The predicted molar refractivity (Wildman–Crippen MR) is 91.7 cm³/mol. The predicted octanol–water partition coefficient (Wildman–Crippen LogP) is 0.841. The number of rotatable bonds is 3. The number of hydrogen-bond acceptors (Lipinski definition) is 1. The number of halogens is 2. The van der Waals surface area contributed by atoms with Crippen molar-refractivity contribution in [3.63, 3.8) is 0 Å². The molecule has 0 radical (unpaired) electrons. The van der Waals surface area contributed by atoms with E-state index in [1.807, 2.05) is 66.3 Å². The van der Waals surface area contributed by atoms with Crippen molar-refractivity contribution in [2.45, 2.75) is 13.5 Å². The van der Waals surface area contributed by atoms with Crippen LogP contribution in [0.25, 0.3) is 10.8 Å². The van der Waals surface area contributed by atoms with E-state index in [-0.39, 0.29) is 18.3 Å². The Kier molecular flexibility index (Phi) is 5.74. The molecule has 0 saturated carbocycles. The second-order valence-electron chi connectivity index (χ2n) is 5.25. The maximum atomic E-state index is 12.2. The van der Waals surface area contributed by atoms with Gasteiger partial charge in [0.05, 0.1) is 0 Å². The van der Waals surface area contributed by atoms with Gasteiger partial charge in [-0.2, -0.15) is 4.57 Å². The quantitative estimate of drug-likeness (QED) is 0.660. The normalized spacial score (nSPS) is 10.2. The Labute approximate surface area is 149 Å². The zero-order valence-electron chi connectivity index (χ0n) is 12.6. The number of hydrogen-bond donors (Lipinski definition) is 1. The highest BCUT2D eigenvalue weighted by Gasteiger charge is 2.11. The summed E-state index contributed by atoms with van der Waals surface area (Å²) in [5, 5.41) is 5.25. The number of amides is 1. The number of fused-ring (bicyclic) bond motifs is 1. The van der Waals surface area contributed by atoms with Gasteiger partial charge in [0.1, 0.15) is 0 Å². The average Bonchev–Trinajstić information content (AvgIpc) is 2.50. The molecule has 1 heterocycles. The number of carbonyl (C=O) groups excluding carboxylic acids is 1. The van der Waals surface area contributed by atoms with Gasteiger partial charge in [-0.1, -0.05) is 34.1 Å². The van der Waals surface area contributed by atoms with Gasteiger partial charge in [0, 0.05) is 21.6 Å². The van der Waals surface area contributed by atoms with Crippen molar-refractivity contribution in [1.82, 2.24) is 0 Å². The molecular formula is C18H16BrClN2O. The molecular weight excluding hydrogens is 376 g/mol. The lowest BCUT2D eigenvalue weighted by Gasteiger charge is -2.07. The topological polar surface area (TPSA) is 33.0 Å². The summed E-state index contributed by atoms with van der Waals surface area (Å²) in [6.07, 6.45) is 3.92. The second-order valence-corrected chi connectivity index (χ2v) is 6.17. The molecule has 1 aromatic heterocycles. The molecule has 2 aromatic carbocycles. The van der Waals surface area contributed by atoms with Crippen molar-refractivity contribution in [3.8, 4) is 0 Å². The number of nitrogens with one attached hydrogen (secondary N) is 1. The van der Waals surface area contributed by atoms with Gasteiger partial charge < -0.3 is 17.7 Å². The first-order valence-electron chi connectivity index (χ1n) is 7.06. The standard InChI is InChI=1S/C18H15BrN2O.ClH/c1-13-10-16(19)6-7-17(13)20-18(22)12-21-9-8-14-4-2-3-5-15(14)11-21;/h2-11H,12H2,1H3;1H. The first kappa shape index (κ1) is 17.4. The Hall–Kier alpha value is -1.91. The van der Waals surface area contributed by atoms with Gasteiger partial charge >= 0.3 is 0 Å². The van der Waals surface area contributed by atoms with Gasteiger partial charge in [-0.3, -0.25) is 4.79 Å². The fourth-order valence-electron chi connectivity index (χ4n) is 2.40. The van der Waals surface area contributed by atoms with Crippen LogP contribution in [0.2, 0.25) is 0 Å². The highest BCUT2D eigenvalue weighted by atomic mass is 79.9. The number of aromatic nitrogens is 1. The Morgan fingerprint density at radius 3 is 2.61 bits per heavy atom. The van der Waals surface area contributed by atoms with E-state index >= 15 is 0 Å². The summed E-state index contributed by atoms with van der Waals surface area (Å²) < 4.78 is 2.90. The van der Waals surface area contributed by atoms with E-state index in [9.17, 15) is 4.79 Å². The third-order valence-electron chi connectivity index (χ3n) is 3.54. The molecule has 1 amide bonds. The molecule has 23 heavy (non-hydrogen) atoms. The van der Waals surface area contributed by atoms with Crippen LogP contribution in [0, 0.1) is 6.92 Å². The fraction of sp³-hybridized carbons (Fsp3) is 0.111. The zero-order valence-corrected chi connectivity index (χ0v) is 14.9. The molecule has 3 nitrogen and oxygen atoms in total. The van der Waals surface area contributed by atoms with Crippen LogP contribution in [-0.4, -0.2) is 5.91 Å². The second kappa shape index (κ2) is 7.57. The van der Waals surface area contributed by atoms with Crippen LogP contribution in [0.5, 0.6) is 0 Å². The molecule has 0 aliphatic carbocycles. The lowest BCUT2D eigenvalue weighted by Crippen LogP contribution is -3.00. The summed E-state index contributed by atoms with van der Waals surface area (Å²) in [5.74, 6) is -0.0364. The third kappa shape index (κ3) is 4.30. The van der Waals surface area contributed by atoms with Crippen LogP contribution >= 0.6 is 15.9 Å². The third-order valence-corrected chi connectivity index (χ3v) is 4.03. The highest BCUT2D eigenvalue weighted by molar-refractivity contribution is 9.10. The van der Waals surface area contributed by atoms with E-state index in [0.29, 0.717) is 6.54 Å². The van der Waals surface area contributed by atoms with E-state index in [2.05, 4.69) is 27.3 Å². The minimum absolute atomic E-state index is 0. The van der Waals surface area contributed by atoms with Gasteiger partial charge in [0.15, 0.2) is 12.4 Å². The summed E-state index contributed by atoms with van der Waals surface area (Å²) in [5.41, 5.74) is 1.88. The van der Waals surface area contributed by atoms with Crippen LogP contribution in [-0.2, 0) is 11.3 Å². The molecule has 3 rings (SSSR count). The maximum absolute atomic E-state index is 12.2. The van der Waals surface area contributed by atoms with Crippen molar-refractivity contribution in [2.24, 2.45) is 0 Å². The fourth-order valence-corrected chi connectivity index (χ4v) is 2.87. The van der Waals surface area contributed by atoms with E-state index < -0.39 is 0 Å². The summed E-state index contributed by atoms with van der Waals surface area (Å²) >= 11 is 3.42. The van der Waals surface area contributed by atoms with E-state index in [4.69, 9.17) is 0 Å². The van der Waals surface area contributed by atoms with Crippen molar-refractivity contribution in [3.05, 3.63) is 71.0 Å². The van der Waals surface area contributed by atoms with Crippen LogP contribution in [0.4, 0.5) is 5.69 Å². The summed E-state index contributed by atoms with van der Waals surface area (Å²) in [7, 11) is 0. The van der Waals surface area contributed by atoms with Gasteiger partial charge in [-0.25, -0.2) is 0 Å². The molecule has 0 aliphatic rings. The maximum Gasteiger partial charge on any atom is 0.290 e. The molecule has 0 saturated heterocycles. The molecule has 118 valence electrons. The van der Waals surface area contributed by atoms with Crippen molar-refractivity contribution in [2.75, 3.05) is 5.32 Å². The van der Waals surface area contributed by atoms with Crippen molar-refractivity contribution in [1.29, 1.82) is 0 Å². The van der Waals surface area contributed by atoms with Gasteiger partial charge in [0.2, 0.25) is 6.54 Å². The van der Waals surface area contributed by atoms with E-state index in [1.54, 1.807) is 0 Å². The summed E-state index contributed by atoms with van der Waals surface area (Å²) in [4.78, 5) is 12.2. The molecule has 1 N–H and O–H groups in total. The largest absolute Gasteiger partial charge is 1.00 e. The Morgan fingerprint density at radius 2 is 1.87 bits per heavy atom. The van der Waals surface area contributed by atoms with E-state index in [0.717, 1.165) is 21.1 Å². The minimum atomic E-state index is -0.0364. The van der Waals surface area contributed by atoms with Gasteiger partial charge in [-0.15, -0.1) is 0 Å². The monoisotopic (exact) mass is 390 g/mol. The first-order chi connectivity index (χ1) is 10.6. The Bertz CT molecular complexity index is 851. The minimum Gasteiger partial charge on any atom is -1.00 e. The number of nitrogens with zero attached hydrogens (tertiary/aromatic N) is 1. The molecule has 0 bridgehead atoms. The molecule has 0 fully saturated rings. The number of carbonyl (C=O) groups is 1. The number of benzene rings is 2. The summed E-state index contributed by atoms with van der Waals surface area (Å²) in [6, 6.07) is 15.9. The molecule has 5 heteroatoms. The smallest absolute Gasteiger partial charge is 0.290 e. The van der Waals surface area contributed by atoms with Crippen LogP contribution < -0.4 is 22.3 Å². The lowest BCUT2D eigenvalue weighted by molar-refractivity contribution is -0.682. The number of aryl methyl sites for hydroxylation is 1. The lowest BCUT2D eigenvalue weighted by atomic mass is 10.2. The highest BCUT2D eigenvalue weighted by Crippen LogP contribution is 2.19. The summed E-state index contributed by atoms with van der Waals surface area (Å²) in [6.45, 7) is 2.27.